The number of carbonyl (C=O) groups is 2. The van der Waals surface area contributed by atoms with Crippen molar-refractivity contribution in [3.63, 3.8) is 0 Å². The maximum absolute atomic E-state index is 13.6. The molecule has 9 heteroatoms. The number of carboxylic acid groups (broad SMARTS) is 1. The summed E-state index contributed by atoms with van der Waals surface area (Å²) in [7, 11) is 0. The summed E-state index contributed by atoms with van der Waals surface area (Å²) >= 11 is 0. The van der Waals surface area contributed by atoms with E-state index in [1.54, 1.807) is 18.2 Å². The Bertz CT molecular complexity index is 1530. The minimum atomic E-state index is -1.03. The molecule has 1 saturated carbocycles. The van der Waals surface area contributed by atoms with E-state index in [0.717, 1.165) is 11.3 Å². The molecule has 1 fully saturated rings. The maximum atomic E-state index is 13.6. The monoisotopic (exact) mass is 523 g/mol. The Labute approximate surface area is 225 Å². The van der Waals surface area contributed by atoms with Gasteiger partial charge in [-0.3, -0.25) is 4.79 Å². The van der Waals surface area contributed by atoms with Crippen molar-refractivity contribution in [2.45, 2.75) is 44.3 Å². The van der Waals surface area contributed by atoms with Crippen LogP contribution in [0.3, 0.4) is 0 Å². The second-order valence-corrected chi connectivity index (χ2v) is 9.72. The molecule has 1 aliphatic carbocycles. The number of nitrogens with one attached hydrogen (secondary N) is 2. The second-order valence-electron chi connectivity index (χ2n) is 9.72. The van der Waals surface area contributed by atoms with Crippen LogP contribution in [-0.2, 0) is 6.54 Å². The molecule has 0 saturated heterocycles. The Kier molecular flexibility index (Phi) is 7.37. The molecule has 0 radical (unpaired) electrons. The van der Waals surface area contributed by atoms with Gasteiger partial charge in [0.2, 0.25) is 0 Å². The lowest BCUT2D eigenvalue weighted by molar-refractivity contribution is 0.0915. The molecule has 1 aliphatic rings. The van der Waals surface area contributed by atoms with Crippen molar-refractivity contribution < 1.29 is 19.4 Å². The Morgan fingerprint density at radius 1 is 0.949 bits per heavy atom. The van der Waals surface area contributed by atoms with Crippen LogP contribution in [0.25, 0.3) is 10.9 Å². The van der Waals surface area contributed by atoms with E-state index in [0.29, 0.717) is 65.8 Å². The number of fused-ring (bicyclic) bond motifs is 1. The summed E-state index contributed by atoms with van der Waals surface area (Å²) in [4.78, 5) is 24.5. The summed E-state index contributed by atoms with van der Waals surface area (Å²) in [6, 6.07) is 24.3. The average molecular weight is 524 g/mol. The molecule has 0 aliphatic heterocycles. The van der Waals surface area contributed by atoms with Crippen molar-refractivity contribution in [1.29, 1.82) is 5.26 Å². The van der Waals surface area contributed by atoms with Gasteiger partial charge in [-0.2, -0.15) is 5.26 Å². The van der Waals surface area contributed by atoms with Crippen LogP contribution >= 0.6 is 0 Å². The molecule has 3 aromatic carbocycles. The van der Waals surface area contributed by atoms with Crippen LogP contribution in [0, 0.1) is 11.3 Å². The number of nitrogen functional groups attached to an aromatic ring is 1. The predicted molar refractivity (Wildman–Crippen MR) is 148 cm³/mol. The smallest absolute Gasteiger partial charge is 0.404 e. The molecule has 0 bridgehead atoms. The first-order valence-corrected chi connectivity index (χ1v) is 12.8. The predicted octanol–water partition coefficient (Wildman–Crippen LogP) is 5.24. The molecule has 198 valence electrons. The van der Waals surface area contributed by atoms with Crippen molar-refractivity contribution in [3.05, 3.63) is 89.6 Å². The molecular weight excluding hydrogens is 494 g/mol. The first-order valence-electron chi connectivity index (χ1n) is 12.8. The highest BCUT2D eigenvalue weighted by Gasteiger charge is 2.27. The quantitative estimate of drug-likeness (QED) is 0.261. The van der Waals surface area contributed by atoms with Crippen LogP contribution in [0.1, 0.15) is 47.3 Å². The van der Waals surface area contributed by atoms with Gasteiger partial charge in [0.25, 0.3) is 5.91 Å². The second kappa shape index (κ2) is 11.2. The third-order valence-corrected chi connectivity index (χ3v) is 7.08. The average Bonchev–Trinajstić information content (AvgIpc) is 3.21. The number of aromatic nitrogens is 1. The van der Waals surface area contributed by atoms with Gasteiger partial charge in [-0.15, -0.1) is 0 Å². The lowest BCUT2D eigenvalue weighted by Crippen LogP contribution is -2.43. The minimum Gasteiger partial charge on any atom is -0.465 e. The number of nitrogens with two attached hydrogens (primary N) is 1. The van der Waals surface area contributed by atoms with Gasteiger partial charge in [0.05, 0.1) is 22.8 Å². The normalized spacial score (nSPS) is 16.8. The number of nitriles is 1. The lowest BCUT2D eigenvalue weighted by Gasteiger charge is -2.29. The minimum absolute atomic E-state index is 0.0840. The fraction of sp³-hybridized carbons (Fsp3) is 0.233. The number of benzene rings is 3. The molecule has 5 rings (SSSR count). The highest BCUT2D eigenvalue weighted by Crippen LogP contribution is 2.31. The van der Waals surface area contributed by atoms with Crippen LogP contribution in [-0.4, -0.2) is 33.8 Å². The number of nitrogens with zero attached hydrogens (tertiary/aromatic N) is 2. The van der Waals surface area contributed by atoms with E-state index in [1.165, 1.54) is 0 Å². The SMILES string of the molecule is N#Cc1ccc2c(N)c(C(=O)NC3CCC(NC(=O)O)CC3)n(Cc3ccc(Oc4ccccc4)cc3)c2c1. The van der Waals surface area contributed by atoms with Gasteiger partial charge in [-0.1, -0.05) is 30.3 Å². The van der Waals surface area contributed by atoms with Gasteiger partial charge in [0.1, 0.15) is 17.2 Å². The molecule has 9 nitrogen and oxygen atoms in total. The van der Waals surface area contributed by atoms with Crippen LogP contribution in [0.4, 0.5) is 10.5 Å². The molecule has 5 N–H and O–H groups in total. The van der Waals surface area contributed by atoms with Gasteiger partial charge >= 0.3 is 6.09 Å². The number of hydrogen-bond acceptors (Lipinski definition) is 5. The first-order chi connectivity index (χ1) is 18.9. The molecule has 0 atom stereocenters. The zero-order chi connectivity index (χ0) is 27.4. The molecule has 0 unspecified atom stereocenters. The van der Waals surface area contributed by atoms with Crippen LogP contribution in [0.5, 0.6) is 11.5 Å². The molecule has 1 aromatic heterocycles. The molecule has 2 amide bonds. The molecule has 39 heavy (non-hydrogen) atoms. The molecule has 1 heterocycles. The van der Waals surface area contributed by atoms with Gasteiger partial charge in [0.15, 0.2) is 0 Å². The standard InChI is InChI=1S/C30H29N5O4/c31-17-20-8-15-25-26(16-20)35(18-19-6-13-24(14-7-19)39-23-4-2-1-3-5-23)28(27(25)32)29(36)33-21-9-11-22(12-10-21)34-30(37)38/h1-8,13-16,21-22,34H,9-12,18,32H2,(H,33,36)(H,37,38). The highest BCUT2D eigenvalue weighted by molar-refractivity contribution is 6.08. The summed E-state index contributed by atoms with van der Waals surface area (Å²) in [5.41, 5.74) is 9.33. The summed E-state index contributed by atoms with van der Waals surface area (Å²) in [6.45, 7) is 0.367. The van der Waals surface area contributed by atoms with Gasteiger partial charge < -0.3 is 30.8 Å². The van der Waals surface area contributed by atoms with E-state index in [4.69, 9.17) is 15.6 Å². The summed E-state index contributed by atoms with van der Waals surface area (Å²) in [6.07, 6.45) is 1.60. The van der Waals surface area contributed by atoms with Crippen molar-refractivity contribution in [2.75, 3.05) is 5.73 Å². The Morgan fingerprint density at radius 2 is 1.59 bits per heavy atom. The Hall–Kier alpha value is -4.97. The Morgan fingerprint density at radius 3 is 2.23 bits per heavy atom. The number of carbonyl (C=O) groups excluding carboxylic acids is 1. The van der Waals surface area contributed by atoms with Crippen LogP contribution in [0.2, 0.25) is 0 Å². The van der Waals surface area contributed by atoms with Gasteiger partial charge in [0, 0.05) is 24.0 Å². The fourth-order valence-electron chi connectivity index (χ4n) is 5.14. The highest BCUT2D eigenvalue weighted by atomic mass is 16.5. The first kappa shape index (κ1) is 25.7. The van der Waals surface area contributed by atoms with E-state index in [2.05, 4.69) is 16.7 Å². The van der Waals surface area contributed by atoms with Crippen LogP contribution in [0.15, 0.2) is 72.8 Å². The van der Waals surface area contributed by atoms with Gasteiger partial charge in [-0.05, 0) is 73.7 Å². The Balaban J connectivity index is 1.40. The van der Waals surface area contributed by atoms with Crippen molar-refractivity contribution in [3.8, 4) is 17.6 Å². The zero-order valence-electron chi connectivity index (χ0n) is 21.3. The zero-order valence-corrected chi connectivity index (χ0v) is 21.3. The van der Waals surface area contributed by atoms with Crippen molar-refractivity contribution >= 4 is 28.6 Å². The maximum Gasteiger partial charge on any atom is 0.404 e. The number of rotatable bonds is 7. The van der Waals surface area contributed by atoms with Crippen molar-refractivity contribution in [2.24, 2.45) is 0 Å². The third kappa shape index (κ3) is 5.80. The van der Waals surface area contributed by atoms with E-state index in [9.17, 15) is 14.9 Å². The van der Waals surface area contributed by atoms with Crippen molar-refractivity contribution in [1.82, 2.24) is 15.2 Å². The lowest BCUT2D eigenvalue weighted by atomic mass is 9.91. The molecule has 4 aromatic rings. The molecule has 0 spiro atoms. The van der Waals surface area contributed by atoms with Gasteiger partial charge in [-0.25, -0.2) is 4.79 Å². The molecular formula is C30H29N5O4. The van der Waals surface area contributed by atoms with E-state index < -0.39 is 6.09 Å². The summed E-state index contributed by atoms with van der Waals surface area (Å²) in [5, 5.41) is 24.8. The number of amides is 2. The summed E-state index contributed by atoms with van der Waals surface area (Å²) < 4.78 is 7.75. The fourth-order valence-corrected chi connectivity index (χ4v) is 5.14. The number of ether oxygens (including phenoxy) is 1. The van der Waals surface area contributed by atoms with Crippen LogP contribution < -0.4 is 21.1 Å². The largest absolute Gasteiger partial charge is 0.465 e. The van der Waals surface area contributed by atoms with E-state index >= 15 is 0 Å². The topological polar surface area (TPSA) is 142 Å². The van der Waals surface area contributed by atoms with E-state index in [1.807, 2.05) is 59.2 Å². The third-order valence-electron chi connectivity index (χ3n) is 7.08. The summed E-state index contributed by atoms with van der Waals surface area (Å²) in [5.74, 6) is 1.14. The van der Waals surface area contributed by atoms with E-state index in [-0.39, 0.29) is 18.0 Å². The number of hydrogen-bond donors (Lipinski definition) is 4. The number of anilines is 1. The number of para-hydroxylation sites is 1.